The first-order valence-corrected chi connectivity index (χ1v) is 7.61. The molecule has 1 saturated heterocycles. The first-order valence-electron chi connectivity index (χ1n) is 5.41. The fourth-order valence-electron chi connectivity index (χ4n) is 2.49. The molecule has 3 atom stereocenters. The monoisotopic (exact) mass is 270 g/mol. The van der Waals surface area contributed by atoms with Crippen LogP contribution in [0.15, 0.2) is 34.5 Å². The van der Waals surface area contributed by atoms with Gasteiger partial charge < -0.3 is 0 Å². The average molecular weight is 271 g/mol. The van der Waals surface area contributed by atoms with Crippen LogP contribution >= 0.6 is 11.6 Å². The Morgan fingerprint density at radius 2 is 1.82 bits per heavy atom. The van der Waals surface area contributed by atoms with Gasteiger partial charge in [-0.15, -0.1) is 0 Å². The van der Waals surface area contributed by atoms with E-state index in [1.807, 2.05) is 12.1 Å². The number of rotatable bonds is 1. The van der Waals surface area contributed by atoms with Gasteiger partial charge in [0.2, 0.25) is 0 Å². The molecule has 2 aliphatic rings. The number of benzene rings is 1. The summed E-state index contributed by atoms with van der Waals surface area (Å²) < 4.78 is 23.1. The van der Waals surface area contributed by atoms with E-state index in [0.717, 1.165) is 5.56 Å². The summed E-state index contributed by atoms with van der Waals surface area (Å²) in [6, 6.07) is 7.08. The Hall–Kier alpha value is -0.940. The molecule has 0 aliphatic carbocycles. The number of hydrogen-bond acceptors (Lipinski definition) is 4. The Balaban J connectivity index is 1.91. The van der Waals surface area contributed by atoms with Gasteiger partial charge >= 0.3 is 0 Å². The van der Waals surface area contributed by atoms with Crippen molar-refractivity contribution in [2.45, 2.75) is 12.1 Å². The van der Waals surface area contributed by atoms with Crippen LogP contribution in [0.25, 0.3) is 0 Å². The van der Waals surface area contributed by atoms with Crippen LogP contribution in [0.3, 0.4) is 0 Å². The van der Waals surface area contributed by atoms with Crippen molar-refractivity contribution < 1.29 is 8.42 Å². The van der Waals surface area contributed by atoms with E-state index in [2.05, 4.69) is 10.2 Å². The van der Waals surface area contributed by atoms with Gasteiger partial charge in [-0.3, -0.25) is 0 Å². The third kappa shape index (κ3) is 1.98. The van der Waals surface area contributed by atoms with Crippen LogP contribution in [-0.4, -0.2) is 26.0 Å². The summed E-state index contributed by atoms with van der Waals surface area (Å²) >= 11 is 5.83. The molecule has 6 heteroatoms. The molecule has 3 rings (SSSR count). The second kappa shape index (κ2) is 3.78. The Bertz CT molecular complexity index is 568. The zero-order valence-electron chi connectivity index (χ0n) is 8.95. The first-order chi connectivity index (χ1) is 8.05. The van der Waals surface area contributed by atoms with Crippen molar-refractivity contribution in [3.63, 3.8) is 0 Å². The van der Waals surface area contributed by atoms with Gasteiger partial charge in [-0.05, 0) is 17.7 Å². The Kier molecular flexibility index (Phi) is 2.48. The summed E-state index contributed by atoms with van der Waals surface area (Å²) in [5, 5.41) is 8.96. The smallest absolute Gasteiger partial charge is 0.152 e. The molecular formula is C11H11ClN2O2S. The van der Waals surface area contributed by atoms with Crippen LogP contribution in [0.1, 0.15) is 11.6 Å². The predicted octanol–water partition coefficient (Wildman–Crippen LogP) is 2.26. The first kappa shape index (κ1) is 11.2. The van der Waals surface area contributed by atoms with Crippen LogP contribution in [0, 0.1) is 5.92 Å². The van der Waals surface area contributed by atoms with Crippen molar-refractivity contribution >= 4 is 21.4 Å². The Labute approximate surface area is 105 Å². The zero-order chi connectivity index (χ0) is 12.0. The zero-order valence-corrected chi connectivity index (χ0v) is 10.5. The summed E-state index contributed by atoms with van der Waals surface area (Å²) in [6.45, 7) is 0. The normalized spacial score (nSPS) is 33.8. The van der Waals surface area contributed by atoms with E-state index in [1.54, 1.807) is 12.1 Å². The van der Waals surface area contributed by atoms with E-state index < -0.39 is 9.84 Å². The quantitative estimate of drug-likeness (QED) is 0.786. The van der Waals surface area contributed by atoms with Crippen LogP contribution in [0.5, 0.6) is 0 Å². The molecule has 0 aromatic heterocycles. The molecule has 17 heavy (non-hydrogen) atoms. The molecule has 2 aliphatic heterocycles. The second-order valence-electron chi connectivity index (χ2n) is 4.54. The summed E-state index contributed by atoms with van der Waals surface area (Å²) in [5.41, 5.74) is 0.989. The van der Waals surface area contributed by atoms with Crippen molar-refractivity contribution in [3.8, 4) is 0 Å². The van der Waals surface area contributed by atoms with Crippen molar-refractivity contribution in [2.24, 2.45) is 16.1 Å². The lowest BCUT2D eigenvalue weighted by Crippen LogP contribution is -2.16. The maximum Gasteiger partial charge on any atom is 0.152 e. The maximum absolute atomic E-state index is 11.6. The minimum Gasteiger partial charge on any atom is -0.229 e. The average Bonchev–Trinajstić information content (AvgIpc) is 2.74. The number of sulfone groups is 1. The molecule has 0 radical (unpaired) electrons. The minimum atomic E-state index is -2.93. The highest BCUT2D eigenvalue weighted by Gasteiger charge is 2.46. The molecular weight excluding hydrogens is 260 g/mol. The molecule has 1 aromatic rings. The molecule has 0 spiro atoms. The molecule has 1 fully saturated rings. The molecule has 1 aromatic carbocycles. The highest BCUT2D eigenvalue weighted by atomic mass is 35.5. The van der Waals surface area contributed by atoms with E-state index >= 15 is 0 Å². The number of hydrogen-bond donors (Lipinski definition) is 0. The van der Waals surface area contributed by atoms with E-state index in [4.69, 9.17) is 11.6 Å². The van der Waals surface area contributed by atoms with Crippen LogP contribution in [0.2, 0.25) is 5.02 Å². The van der Waals surface area contributed by atoms with E-state index in [0.29, 0.717) is 5.02 Å². The van der Waals surface area contributed by atoms with Crippen LogP contribution < -0.4 is 0 Å². The minimum absolute atomic E-state index is 0.00109. The highest BCUT2D eigenvalue weighted by Crippen LogP contribution is 2.41. The largest absolute Gasteiger partial charge is 0.229 e. The molecule has 0 amide bonds. The van der Waals surface area contributed by atoms with Gasteiger partial charge in [-0.1, -0.05) is 23.7 Å². The maximum atomic E-state index is 11.6. The van der Waals surface area contributed by atoms with Crippen LogP contribution in [-0.2, 0) is 9.84 Å². The standard InChI is InChI=1S/C11H11ClN2O2S/c12-8-3-1-7(2-4-8)11-9-5-17(15,16)6-10(9)13-14-11/h1-4,9-11H,5-6H2. The molecule has 90 valence electrons. The number of fused-ring (bicyclic) bond motifs is 1. The molecule has 0 N–H and O–H groups in total. The third-order valence-corrected chi connectivity index (χ3v) is 5.32. The lowest BCUT2D eigenvalue weighted by molar-refractivity contribution is 0.501. The summed E-state index contributed by atoms with van der Waals surface area (Å²) in [5.74, 6) is 0.338. The fourth-order valence-corrected chi connectivity index (χ4v) is 4.58. The van der Waals surface area contributed by atoms with E-state index in [1.165, 1.54) is 0 Å². The highest BCUT2D eigenvalue weighted by molar-refractivity contribution is 7.91. The Morgan fingerprint density at radius 3 is 2.53 bits per heavy atom. The molecule has 3 unspecified atom stereocenters. The Morgan fingerprint density at radius 1 is 1.12 bits per heavy atom. The van der Waals surface area contributed by atoms with Gasteiger partial charge in [0.25, 0.3) is 0 Å². The lowest BCUT2D eigenvalue weighted by Gasteiger charge is -2.13. The van der Waals surface area contributed by atoms with Gasteiger partial charge in [0, 0.05) is 10.9 Å². The molecule has 0 saturated carbocycles. The van der Waals surface area contributed by atoms with Crippen molar-refractivity contribution in [2.75, 3.05) is 11.5 Å². The van der Waals surface area contributed by atoms with Crippen LogP contribution in [0.4, 0.5) is 0 Å². The molecule has 0 bridgehead atoms. The predicted molar refractivity (Wildman–Crippen MR) is 65.0 cm³/mol. The van der Waals surface area contributed by atoms with Crippen molar-refractivity contribution in [1.82, 2.24) is 0 Å². The van der Waals surface area contributed by atoms with Crippen molar-refractivity contribution in [1.29, 1.82) is 0 Å². The number of halogens is 1. The van der Waals surface area contributed by atoms with Gasteiger partial charge in [0.15, 0.2) is 9.84 Å². The van der Waals surface area contributed by atoms with Gasteiger partial charge in [-0.25, -0.2) is 8.42 Å². The van der Waals surface area contributed by atoms with E-state index in [-0.39, 0.29) is 29.5 Å². The van der Waals surface area contributed by atoms with Gasteiger partial charge in [0.05, 0.1) is 17.5 Å². The second-order valence-corrected chi connectivity index (χ2v) is 7.13. The van der Waals surface area contributed by atoms with Gasteiger partial charge in [-0.2, -0.15) is 10.2 Å². The third-order valence-electron chi connectivity index (χ3n) is 3.32. The fraction of sp³-hybridized carbons (Fsp3) is 0.455. The number of azo groups is 1. The lowest BCUT2D eigenvalue weighted by atomic mass is 9.92. The van der Waals surface area contributed by atoms with E-state index in [9.17, 15) is 8.42 Å². The summed E-state index contributed by atoms with van der Waals surface area (Å²) in [4.78, 5) is 0. The SMILES string of the molecule is O=S1(=O)CC2N=NC(c3ccc(Cl)cc3)C2C1. The summed E-state index contributed by atoms with van der Waals surface area (Å²) in [7, 11) is -2.93. The van der Waals surface area contributed by atoms with Gasteiger partial charge in [0.1, 0.15) is 6.04 Å². The topological polar surface area (TPSA) is 58.9 Å². The summed E-state index contributed by atoms with van der Waals surface area (Å²) in [6.07, 6.45) is 0. The molecule has 2 heterocycles. The number of nitrogens with zero attached hydrogens (tertiary/aromatic N) is 2. The van der Waals surface area contributed by atoms with Crippen molar-refractivity contribution in [3.05, 3.63) is 34.9 Å². The molecule has 4 nitrogen and oxygen atoms in total.